The van der Waals surface area contributed by atoms with Gasteiger partial charge in [-0.05, 0) is 24.6 Å². The molecule has 1 N–H and O–H groups in total. The first-order chi connectivity index (χ1) is 13.0. The van der Waals surface area contributed by atoms with Crippen molar-refractivity contribution in [2.75, 3.05) is 6.61 Å². The summed E-state index contributed by atoms with van der Waals surface area (Å²) in [5.74, 6) is -1.00. The lowest BCUT2D eigenvalue weighted by atomic mass is 10.2. The van der Waals surface area contributed by atoms with Gasteiger partial charge in [-0.15, -0.1) is 11.3 Å². The number of ether oxygens (including phenoxy) is 1. The maximum atomic E-state index is 12.1. The number of thiazole rings is 1. The van der Waals surface area contributed by atoms with E-state index in [1.807, 2.05) is 43.3 Å². The SMILES string of the molecule is Cc1ccc(-c2nc(C(=O)OCC(=O)NCc3ccc(Cl)cc3)cs2)cc1. The number of carbonyl (C=O) groups is 2. The number of hydrogen-bond donors (Lipinski definition) is 1. The number of benzene rings is 2. The van der Waals surface area contributed by atoms with E-state index in [9.17, 15) is 9.59 Å². The van der Waals surface area contributed by atoms with Crippen molar-refractivity contribution in [2.24, 2.45) is 0 Å². The Bertz CT molecular complexity index is 937. The van der Waals surface area contributed by atoms with Crippen molar-refractivity contribution in [3.8, 4) is 10.6 Å². The molecule has 0 aliphatic rings. The molecule has 0 fully saturated rings. The number of aromatic nitrogens is 1. The van der Waals surface area contributed by atoms with Crippen LogP contribution < -0.4 is 5.32 Å². The average molecular weight is 401 g/mol. The summed E-state index contributed by atoms with van der Waals surface area (Å²) >= 11 is 7.17. The Labute approximate surface area is 166 Å². The minimum atomic E-state index is -0.619. The van der Waals surface area contributed by atoms with E-state index in [1.54, 1.807) is 17.5 Å². The number of aryl methyl sites for hydroxylation is 1. The summed E-state index contributed by atoms with van der Waals surface area (Å²) in [6, 6.07) is 15.0. The maximum Gasteiger partial charge on any atom is 0.358 e. The normalized spacial score (nSPS) is 10.4. The van der Waals surface area contributed by atoms with Crippen molar-refractivity contribution < 1.29 is 14.3 Å². The van der Waals surface area contributed by atoms with Crippen LogP contribution in [0.25, 0.3) is 10.6 Å². The van der Waals surface area contributed by atoms with Crippen LogP contribution in [0.1, 0.15) is 21.6 Å². The molecule has 0 radical (unpaired) electrons. The molecular formula is C20H17ClN2O3S. The Morgan fingerprint density at radius 2 is 1.81 bits per heavy atom. The monoisotopic (exact) mass is 400 g/mol. The van der Waals surface area contributed by atoms with Crippen LogP contribution in [0.2, 0.25) is 5.02 Å². The third-order valence-electron chi connectivity index (χ3n) is 3.75. The molecule has 0 atom stereocenters. The summed E-state index contributed by atoms with van der Waals surface area (Å²) < 4.78 is 5.04. The molecular weight excluding hydrogens is 384 g/mol. The molecule has 27 heavy (non-hydrogen) atoms. The number of rotatable bonds is 6. The molecule has 7 heteroatoms. The maximum absolute atomic E-state index is 12.1. The van der Waals surface area contributed by atoms with Crippen LogP contribution in [-0.2, 0) is 16.1 Å². The second-order valence-electron chi connectivity index (χ2n) is 5.88. The van der Waals surface area contributed by atoms with Crippen molar-refractivity contribution in [2.45, 2.75) is 13.5 Å². The lowest BCUT2D eigenvalue weighted by Gasteiger charge is -2.06. The van der Waals surface area contributed by atoms with Crippen LogP contribution in [0.5, 0.6) is 0 Å². The summed E-state index contributed by atoms with van der Waals surface area (Å²) in [6.45, 7) is 1.98. The summed E-state index contributed by atoms with van der Waals surface area (Å²) in [6.07, 6.45) is 0. The molecule has 2 aromatic carbocycles. The van der Waals surface area contributed by atoms with E-state index < -0.39 is 5.97 Å². The first-order valence-corrected chi connectivity index (χ1v) is 9.48. The Morgan fingerprint density at radius 3 is 2.52 bits per heavy atom. The Kier molecular flexibility index (Phi) is 6.21. The molecule has 1 amide bonds. The summed E-state index contributed by atoms with van der Waals surface area (Å²) in [5, 5.41) is 5.68. The second kappa shape index (κ2) is 8.79. The zero-order valence-electron chi connectivity index (χ0n) is 14.6. The molecule has 3 aromatic rings. The predicted octanol–water partition coefficient (Wildman–Crippen LogP) is 4.25. The third kappa shape index (κ3) is 5.39. The van der Waals surface area contributed by atoms with Gasteiger partial charge in [-0.25, -0.2) is 9.78 Å². The zero-order chi connectivity index (χ0) is 19.2. The van der Waals surface area contributed by atoms with Gasteiger partial charge in [0.2, 0.25) is 0 Å². The summed E-state index contributed by atoms with van der Waals surface area (Å²) in [7, 11) is 0. The van der Waals surface area contributed by atoms with Crippen LogP contribution in [-0.4, -0.2) is 23.5 Å². The molecule has 1 heterocycles. The molecule has 138 valence electrons. The number of hydrogen-bond acceptors (Lipinski definition) is 5. The molecule has 0 aliphatic heterocycles. The highest BCUT2D eigenvalue weighted by atomic mass is 35.5. The van der Waals surface area contributed by atoms with Crippen LogP contribution in [0.15, 0.2) is 53.9 Å². The lowest BCUT2D eigenvalue weighted by Crippen LogP contribution is -2.28. The van der Waals surface area contributed by atoms with Crippen LogP contribution in [0.4, 0.5) is 0 Å². The largest absolute Gasteiger partial charge is 0.451 e. The minimum Gasteiger partial charge on any atom is -0.451 e. The topological polar surface area (TPSA) is 68.3 Å². The number of carbonyl (C=O) groups excluding carboxylic acids is 2. The van der Waals surface area contributed by atoms with Crippen molar-refractivity contribution in [1.29, 1.82) is 0 Å². The molecule has 0 unspecified atom stereocenters. The van der Waals surface area contributed by atoms with E-state index in [1.165, 1.54) is 11.3 Å². The molecule has 3 rings (SSSR count). The minimum absolute atomic E-state index is 0.195. The van der Waals surface area contributed by atoms with Gasteiger partial charge < -0.3 is 10.1 Å². The number of halogens is 1. The quantitative estimate of drug-likeness (QED) is 0.628. The van der Waals surface area contributed by atoms with Crippen molar-refractivity contribution >= 4 is 34.8 Å². The first-order valence-electron chi connectivity index (χ1n) is 8.22. The van der Waals surface area contributed by atoms with E-state index in [0.29, 0.717) is 11.6 Å². The fourth-order valence-corrected chi connectivity index (χ4v) is 3.18. The number of nitrogens with zero attached hydrogens (tertiary/aromatic N) is 1. The number of amides is 1. The van der Waals surface area contributed by atoms with E-state index >= 15 is 0 Å². The average Bonchev–Trinajstić information content (AvgIpc) is 3.16. The van der Waals surface area contributed by atoms with Crippen molar-refractivity contribution in [3.05, 3.63) is 75.8 Å². The van der Waals surface area contributed by atoms with Gasteiger partial charge >= 0.3 is 5.97 Å². The van der Waals surface area contributed by atoms with Gasteiger partial charge in [0.1, 0.15) is 5.01 Å². The highest BCUT2D eigenvalue weighted by Gasteiger charge is 2.15. The fourth-order valence-electron chi connectivity index (χ4n) is 2.26. The predicted molar refractivity (Wildman–Crippen MR) is 106 cm³/mol. The Morgan fingerprint density at radius 1 is 1.11 bits per heavy atom. The van der Waals surface area contributed by atoms with Gasteiger partial charge in [0.05, 0.1) is 0 Å². The molecule has 0 saturated heterocycles. The van der Waals surface area contributed by atoms with E-state index in [4.69, 9.17) is 16.3 Å². The van der Waals surface area contributed by atoms with Gasteiger partial charge in [0, 0.05) is 22.5 Å². The van der Waals surface area contributed by atoms with Crippen LogP contribution in [0.3, 0.4) is 0 Å². The van der Waals surface area contributed by atoms with Crippen LogP contribution in [0, 0.1) is 6.92 Å². The van der Waals surface area contributed by atoms with Crippen molar-refractivity contribution in [3.63, 3.8) is 0 Å². The smallest absolute Gasteiger partial charge is 0.358 e. The molecule has 0 saturated carbocycles. The third-order valence-corrected chi connectivity index (χ3v) is 4.89. The Hall–Kier alpha value is -2.70. The van der Waals surface area contributed by atoms with Gasteiger partial charge in [-0.2, -0.15) is 0 Å². The van der Waals surface area contributed by atoms with Crippen molar-refractivity contribution in [1.82, 2.24) is 10.3 Å². The Balaban J connectivity index is 1.49. The van der Waals surface area contributed by atoms with Gasteiger partial charge in [-0.1, -0.05) is 53.6 Å². The van der Waals surface area contributed by atoms with Gasteiger partial charge in [-0.3, -0.25) is 4.79 Å². The fraction of sp³-hybridized carbons (Fsp3) is 0.150. The number of nitrogens with one attached hydrogen (secondary N) is 1. The molecule has 0 bridgehead atoms. The number of esters is 1. The molecule has 5 nitrogen and oxygen atoms in total. The highest BCUT2D eigenvalue weighted by Crippen LogP contribution is 2.24. The highest BCUT2D eigenvalue weighted by molar-refractivity contribution is 7.13. The molecule has 0 spiro atoms. The van der Waals surface area contributed by atoms with E-state index in [-0.39, 0.29) is 18.2 Å². The lowest BCUT2D eigenvalue weighted by molar-refractivity contribution is -0.124. The van der Waals surface area contributed by atoms with Gasteiger partial charge in [0.15, 0.2) is 12.3 Å². The summed E-state index contributed by atoms with van der Waals surface area (Å²) in [5.41, 5.74) is 3.19. The second-order valence-corrected chi connectivity index (χ2v) is 7.18. The molecule has 1 aromatic heterocycles. The van der Waals surface area contributed by atoms with Gasteiger partial charge in [0.25, 0.3) is 5.91 Å². The van der Waals surface area contributed by atoms with E-state index in [2.05, 4.69) is 10.3 Å². The van der Waals surface area contributed by atoms with E-state index in [0.717, 1.165) is 21.7 Å². The standard InChI is InChI=1S/C20H17ClN2O3S/c1-13-2-6-15(7-3-13)19-23-17(12-27-19)20(25)26-11-18(24)22-10-14-4-8-16(21)9-5-14/h2-9,12H,10-11H2,1H3,(H,22,24). The molecule has 0 aliphatic carbocycles. The van der Waals surface area contributed by atoms with Crippen LogP contribution >= 0.6 is 22.9 Å². The summed E-state index contributed by atoms with van der Waals surface area (Å²) in [4.78, 5) is 28.2. The first kappa shape index (κ1) is 19.1. The zero-order valence-corrected chi connectivity index (χ0v) is 16.1.